The predicted molar refractivity (Wildman–Crippen MR) is 229 cm³/mol. The van der Waals surface area contributed by atoms with Crippen molar-refractivity contribution < 1.29 is 84.3 Å². The van der Waals surface area contributed by atoms with E-state index in [4.69, 9.17) is 28.4 Å². The molecule has 7 fully saturated rings. The predicted octanol–water partition coefficient (Wildman–Crippen LogP) is 1.17. The van der Waals surface area contributed by atoms with Crippen molar-refractivity contribution in [3.8, 4) is 0 Å². The largest absolute Gasteiger partial charge is 0.432 e. The Hall–Kier alpha value is -1.39. The second-order valence-electron chi connectivity index (χ2n) is 23.5. The van der Waals surface area contributed by atoms with Crippen LogP contribution in [-0.4, -0.2) is 168 Å². The lowest BCUT2D eigenvalue weighted by atomic mass is 9.35. The van der Waals surface area contributed by atoms with Crippen LogP contribution in [0, 0.1) is 50.2 Å². The minimum atomic E-state index is -1.84. The Morgan fingerprint density at radius 3 is 2.02 bits per heavy atom. The molecule has 8 rings (SSSR count). The Morgan fingerprint density at radius 1 is 0.677 bits per heavy atom. The zero-order chi connectivity index (χ0) is 47.6. The summed E-state index contributed by atoms with van der Waals surface area (Å²) in [7, 11) is 0. The highest BCUT2D eigenvalue weighted by Crippen LogP contribution is 2.75. The monoisotopic (exact) mass is 927 g/mol. The van der Waals surface area contributed by atoms with Gasteiger partial charge in [0.25, 0.3) is 0 Å². The third-order valence-corrected chi connectivity index (χ3v) is 19.0. The average Bonchev–Trinajstić information content (AvgIpc) is 3.24. The number of fused-ring (bicyclic) bond motifs is 7. The number of hydrogen-bond acceptors (Lipinski definition) is 17. The van der Waals surface area contributed by atoms with Crippen molar-refractivity contribution in [1.29, 1.82) is 0 Å². The zero-order valence-electron chi connectivity index (χ0n) is 39.4. The second-order valence-corrected chi connectivity index (χ2v) is 23.5. The highest BCUT2D eigenvalue weighted by Gasteiger charge is 2.69. The quantitative estimate of drug-likeness (QED) is 0.121. The Kier molecular flexibility index (Phi) is 13.4. The van der Waals surface area contributed by atoms with Crippen LogP contribution >= 0.6 is 0 Å². The van der Waals surface area contributed by atoms with Crippen LogP contribution in [0.5, 0.6) is 0 Å². The fraction of sp³-hybridized carbons (Fsp3) is 0.938. The van der Waals surface area contributed by atoms with Crippen LogP contribution in [0.3, 0.4) is 0 Å². The van der Waals surface area contributed by atoms with Crippen LogP contribution in [0.25, 0.3) is 0 Å². The van der Waals surface area contributed by atoms with Crippen LogP contribution in [0.15, 0.2) is 11.6 Å². The van der Waals surface area contributed by atoms with Gasteiger partial charge in [-0.05, 0) is 116 Å². The van der Waals surface area contributed by atoms with Gasteiger partial charge >= 0.3 is 5.97 Å². The molecule has 17 heteroatoms. The first-order chi connectivity index (χ1) is 30.3. The molecule has 4 saturated carbocycles. The Bertz CT molecular complexity index is 1780. The Balaban J connectivity index is 0.978. The summed E-state index contributed by atoms with van der Waals surface area (Å²) in [4.78, 5) is 15.0. The van der Waals surface area contributed by atoms with Gasteiger partial charge in [0.2, 0.25) is 6.29 Å². The maximum absolute atomic E-state index is 15.0. The summed E-state index contributed by atoms with van der Waals surface area (Å²) in [6.45, 7) is 16.2. The summed E-state index contributed by atoms with van der Waals surface area (Å²) in [6, 6.07) is 0. The molecule has 10 N–H and O–H groups in total. The van der Waals surface area contributed by atoms with E-state index in [1.54, 1.807) is 0 Å². The van der Waals surface area contributed by atoms with Gasteiger partial charge in [0.05, 0.1) is 30.8 Å². The van der Waals surface area contributed by atoms with Gasteiger partial charge in [0.1, 0.15) is 67.1 Å². The topological polar surface area (TPSA) is 275 Å². The van der Waals surface area contributed by atoms with Crippen molar-refractivity contribution in [2.75, 3.05) is 13.2 Å². The number of ether oxygens (including phenoxy) is 6. The number of esters is 1. The van der Waals surface area contributed by atoms with Crippen molar-refractivity contribution in [2.45, 2.75) is 218 Å². The summed E-state index contributed by atoms with van der Waals surface area (Å²) >= 11 is 0. The van der Waals surface area contributed by atoms with E-state index in [1.165, 1.54) is 12.5 Å². The number of carbonyl (C=O) groups excluding carboxylic acids is 1. The maximum atomic E-state index is 15.0. The van der Waals surface area contributed by atoms with Gasteiger partial charge in [-0.15, -0.1) is 0 Å². The van der Waals surface area contributed by atoms with Gasteiger partial charge in [-0.3, -0.25) is 4.79 Å². The SMILES string of the molecule is C[C@@H]1O[C@@H](O[C@H]2[C@H](O)[C@@H](O)[C@H](OC[C@H]3O[C@@H](OC(=O)[C@@]45CC=C6C(CCC7[C@@]8(C)CC[C@H](O)C(C)(C)C8CC[C@@]67C)[C@]4(C)CC(C)(C)CC5)[C@H](O)[C@@H](O)[C@@H]3O)O[C@@H]2CO)[C@H](O)[C@H](O)[C@H]1O. The fourth-order valence-corrected chi connectivity index (χ4v) is 15.2. The molecule has 5 aliphatic carbocycles. The van der Waals surface area contributed by atoms with Crippen LogP contribution in [0.4, 0.5) is 0 Å². The summed E-state index contributed by atoms with van der Waals surface area (Å²) in [5, 5.41) is 108. The lowest BCUT2D eigenvalue weighted by Gasteiger charge is -2.69. The molecule has 23 atom stereocenters. The first-order valence-electron chi connectivity index (χ1n) is 24.2. The maximum Gasteiger partial charge on any atom is 0.315 e. The van der Waals surface area contributed by atoms with Crippen LogP contribution in [0.1, 0.15) is 120 Å². The van der Waals surface area contributed by atoms with Crippen molar-refractivity contribution >= 4 is 5.97 Å². The van der Waals surface area contributed by atoms with Gasteiger partial charge in [-0.25, -0.2) is 0 Å². The van der Waals surface area contributed by atoms with Crippen LogP contribution in [0.2, 0.25) is 0 Å². The van der Waals surface area contributed by atoms with Gasteiger partial charge in [0.15, 0.2) is 12.6 Å². The van der Waals surface area contributed by atoms with E-state index >= 15 is 4.79 Å². The molecule has 0 aromatic heterocycles. The van der Waals surface area contributed by atoms with E-state index in [-0.39, 0.29) is 33.7 Å². The molecule has 3 saturated heterocycles. The van der Waals surface area contributed by atoms with Gasteiger partial charge < -0.3 is 79.5 Å². The molecule has 8 aliphatic rings. The van der Waals surface area contributed by atoms with E-state index < -0.39 is 122 Å². The van der Waals surface area contributed by atoms with Crippen LogP contribution < -0.4 is 0 Å². The van der Waals surface area contributed by atoms with E-state index in [2.05, 4.69) is 54.5 Å². The number of allylic oxidation sites excluding steroid dienone is 2. The fourth-order valence-electron chi connectivity index (χ4n) is 15.2. The first-order valence-corrected chi connectivity index (χ1v) is 24.2. The normalized spacial score (nSPS) is 53.9. The molecule has 372 valence electrons. The summed E-state index contributed by atoms with van der Waals surface area (Å²) in [5.74, 6) is 0.408. The minimum absolute atomic E-state index is 0.0639. The lowest BCUT2D eigenvalue weighted by molar-refractivity contribution is -0.361. The highest BCUT2D eigenvalue weighted by molar-refractivity contribution is 5.79. The second kappa shape index (κ2) is 17.5. The smallest absolute Gasteiger partial charge is 0.315 e. The molecule has 0 spiro atoms. The average molecular weight is 927 g/mol. The molecule has 3 aliphatic heterocycles. The standard InChI is InChI=1S/C48H78O17/c1-22-30(51)32(53)35(56)40(61-22)64-38-25(19-49)62-39(37(58)34(38)55)60-20-26-31(52)33(54)36(57)41(63-26)65-42(59)48-16-11-23-24(47(48,8)21-43(2,3)17-18-48)9-10-28-45(23,6)14-12-27-44(4,5)29(50)13-15-46(27,28)7/h11,22,24-41,49-58H,9-10,12-21H2,1-8H3/t22-,24?,25+,26+,27?,28?,29-,30-,31+,32+,33-,34+,35+,36+,37+,38+,39+,40-,41-,45-,46-,47-,48-/m0/s1. The molecule has 3 heterocycles. The number of carbonyl (C=O) groups is 1. The van der Waals surface area contributed by atoms with Crippen molar-refractivity contribution in [3.63, 3.8) is 0 Å². The summed E-state index contributed by atoms with van der Waals surface area (Å²) in [6.07, 6.45) is -13.7. The molecule has 0 bridgehead atoms. The van der Waals surface area contributed by atoms with Crippen molar-refractivity contribution in [2.24, 2.45) is 50.2 Å². The van der Waals surface area contributed by atoms with Gasteiger partial charge in [-0.1, -0.05) is 60.1 Å². The van der Waals surface area contributed by atoms with E-state index in [1.807, 2.05) is 0 Å². The highest BCUT2D eigenvalue weighted by atomic mass is 16.8. The molecule has 17 nitrogen and oxygen atoms in total. The van der Waals surface area contributed by atoms with Gasteiger partial charge in [0, 0.05) is 0 Å². The van der Waals surface area contributed by atoms with Crippen molar-refractivity contribution in [1.82, 2.24) is 0 Å². The van der Waals surface area contributed by atoms with E-state index in [9.17, 15) is 51.1 Å². The molecule has 0 aromatic rings. The Labute approximate surface area is 382 Å². The lowest BCUT2D eigenvalue weighted by Crippen LogP contribution is -2.65. The number of hydrogen-bond donors (Lipinski definition) is 10. The van der Waals surface area contributed by atoms with E-state index in [0.29, 0.717) is 24.7 Å². The molecule has 0 aromatic carbocycles. The molecule has 65 heavy (non-hydrogen) atoms. The third-order valence-electron chi connectivity index (χ3n) is 19.0. The summed E-state index contributed by atoms with van der Waals surface area (Å²) in [5.41, 5.74) is -0.288. The third kappa shape index (κ3) is 7.90. The van der Waals surface area contributed by atoms with Crippen LogP contribution in [-0.2, 0) is 33.2 Å². The Morgan fingerprint density at radius 2 is 1.32 bits per heavy atom. The summed E-state index contributed by atoms with van der Waals surface area (Å²) < 4.78 is 34.8. The number of aliphatic hydroxyl groups excluding tert-OH is 10. The first kappa shape index (κ1) is 50.0. The molecule has 0 radical (unpaired) electrons. The minimum Gasteiger partial charge on any atom is -0.432 e. The molecular formula is C48H78O17. The zero-order valence-corrected chi connectivity index (χ0v) is 39.4. The number of rotatable bonds is 8. The number of aliphatic hydroxyl groups is 10. The van der Waals surface area contributed by atoms with E-state index in [0.717, 1.165) is 51.4 Å². The van der Waals surface area contributed by atoms with Gasteiger partial charge in [-0.2, -0.15) is 0 Å². The molecular weight excluding hydrogens is 849 g/mol. The van der Waals surface area contributed by atoms with Crippen molar-refractivity contribution in [3.05, 3.63) is 11.6 Å². The molecule has 3 unspecified atom stereocenters. The molecule has 0 amide bonds.